The first-order chi connectivity index (χ1) is 9.06. The standard InChI is InChI=1S/C12H15NO4S2/c1-16-11-6-7-18(9-11)17-19(14,15)12-5-3-2-4-10(12)8-13/h2-7,9,18H,8,13H2,1H3. The van der Waals surface area contributed by atoms with E-state index in [9.17, 15) is 8.42 Å². The Kier molecular flexibility index (Phi) is 4.31. The first-order valence-electron chi connectivity index (χ1n) is 5.52. The van der Waals surface area contributed by atoms with Crippen LogP contribution < -0.4 is 5.73 Å². The van der Waals surface area contributed by atoms with Crippen LogP contribution in [-0.2, 0) is 25.0 Å². The van der Waals surface area contributed by atoms with Crippen LogP contribution in [0, 0.1) is 0 Å². The van der Waals surface area contributed by atoms with Gasteiger partial charge in [-0.2, -0.15) is 8.42 Å². The van der Waals surface area contributed by atoms with E-state index in [1.807, 2.05) is 0 Å². The molecule has 1 aliphatic heterocycles. The molecule has 0 radical (unpaired) electrons. The van der Waals surface area contributed by atoms with E-state index in [0.717, 1.165) is 0 Å². The monoisotopic (exact) mass is 301 g/mol. The number of hydrogen-bond acceptors (Lipinski definition) is 5. The number of rotatable bonds is 5. The third-order valence-electron chi connectivity index (χ3n) is 2.52. The Hall–Kier alpha value is -1.28. The first kappa shape index (κ1) is 14.1. The highest BCUT2D eigenvalue weighted by Gasteiger charge is 2.22. The summed E-state index contributed by atoms with van der Waals surface area (Å²) in [6.45, 7) is 0.145. The van der Waals surface area contributed by atoms with Crippen LogP contribution in [0.25, 0.3) is 0 Å². The minimum atomic E-state index is -3.82. The van der Waals surface area contributed by atoms with Gasteiger partial charge in [0.05, 0.1) is 12.0 Å². The van der Waals surface area contributed by atoms with E-state index in [1.165, 1.54) is 13.2 Å². The van der Waals surface area contributed by atoms with Gasteiger partial charge in [-0.15, -0.1) is 0 Å². The van der Waals surface area contributed by atoms with Crippen LogP contribution >= 0.6 is 11.2 Å². The van der Waals surface area contributed by atoms with Crippen LogP contribution in [0.1, 0.15) is 5.56 Å². The lowest BCUT2D eigenvalue weighted by atomic mass is 10.2. The van der Waals surface area contributed by atoms with Crippen molar-refractivity contribution < 1.29 is 16.8 Å². The molecule has 1 atom stereocenters. The first-order valence-corrected chi connectivity index (χ1v) is 8.32. The molecule has 1 aromatic carbocycles. The van der Waals surface area contributed by atoms with Crippen molar-refractivity contribution in [2.24, 2.45) is 5.73 Å². The van der Waals surface area contributed by atoms with Crippen LogP contribution in [0.4, 0.5) is 0 Å². The normalized spacial score (nSPS) is 20.3. The van der Waals surface area contributed by atoms with E-state index in [1.54, 1.807) is 35.1 Å². The molecule has 2 rings (SSSR count). The van der Waals surface area contributed by atoms with Gasteiger partial charge in [0.2, 0.25) is 0 Å². The summed E-state index contributed by atoms with van der Waals surface area (Å²) in [4.78, 5) is 0.118. The van der Waals surface area contributed by atoms with Crippen LogP contribution in [0.2, 0.25) is 0 Å². The van der Waals surface area contributed by atoms with Crippen LogP contribution in [0.5, 0.6) is 0 Å². The fourth-order valence-corrected chi connectivity index (χ4v) is 4.73. The molecule has 1 unspecified atom stereocenters. The van der Waals surface area contributed by atoms with Crippen molar-refractivity contribution in [3.05, 3.63) is 52.5 Å². The summed E-state index contributed by atoms with van der Waals surface area (Å²) in [6.07, 6.45) is 1.69. The van der Waals surface area contributed by atoms with Gasteiger partial charge in [-0.25, -0.2) is 3.63 Å². The maximum absolute atomic E-state index is 12.2. The molecular weight excluding hydrogens is 286 g/mol. The molecule has 0 fully saturated rings. The molecule has 0 aliphatic carbocycles. The highest BCUT2D eigenvalue weighted by Crippen LogP contribution is 2.40. The van der Waals surface area contributed by atoms with Crippen LogP contribution in [-0.4, -0.2) is 15.5 Å². The molecule has 5 nitrogen and oxygen atoms in total. The summed E-state index contributed by atoms with van der Waals surface area (Å²) in [7, 11) is -2.30. The smallest absolute Gasteiger partial charge is 0.306 e. The molecule has 104 valence electrons. The van der Waals surface area contributed by atoms with E-state index < -0.39 is 21.3 Å². The SMILES string of the molecule is COC1=C[SH](OS(=O)(=O)c2ccccc2CN)C=C1. The van der Waals surface area contributed by atoms with Gasteiger partial charge in [0, 0.05) is 12.0 Å². The molecule has 1 aromatic rings. The van der Waals surface area contributed by atoms with Gasteiger partial charge >= 0.3 is 10.1 Å². The van der Waals surface area contributed by atoms with E-state index in [4.69, 9.17) is 14.1 Å². The molecule has 1 aliphatic rings. The lowest BCUT2D eigenvalue weighted by Crippen LogP contribution is -2.09. The summed E-state index contributed by atoms with van der Waals surface area (Å²) in [5.74, 6) is 0.605. The van der Waals surface area contributed by atoms with E-state index in [-0.39, 0.29) is 11.4 Å². The average Bonchev–Trinajstić information content (AvgIpc) is 2.85. The van der Waals surface area contributed by atoms with Crippen molar-refractivity contribution in [2.45, 2.75) is 11.4 Å². The molecule has 0 bridgehead atoms. The molecule has 2 N–H and O–H groups in total. The quantitative estimate of drug-likeness (QED) is 0.811. The molecule has 19 heavy (non-hydrogen) atoms. The number of hydrogen-bond donors (Lipinski definition) is 2. The summed E-state index contributed by atoms with van der Waals surface area (Å²) < 4.78 is 34.6. The van der Waals surface area contributed by atoms with E-state index in [2.05, 4.69) is 0 Å². The molecular formula is C12H15NO4S2. The highest BCUT2D eigenvalue weighted by molar-refractivity contribution is 8.22. The molecule has 0 saturated heterocycles. The number of benzene rings is 1. The van der Waals surface area contributed by atoms with E-state index >= 15 is 0 Å². The van der Waals surface area contributed by atoms with Gasteiger partial charge in [0.25, 0.3) is 0 Å². The zero-order chi connectivity index (χ0) is 13.9. The van der Waals surface area contributed by atoms with Gasteiger partial charge in [-0.05, 0) is 23.1 Å². The summed E-state index contributed by atoms with van der Waals surface area (Å²) in [6, 6.07) is 6.55. The summed E-state index contributed by atoms with van der Waals surface area (Å²) in [5.41, 5.74) is 6.08. The number of nitrogens with two attached hydrogens (primary N) is 1. The van der Waals surface area contributed by atoms with Gasteiger partial charge in [0.1, 0.15) is 5.76 Å². The number of ether oxygens (including phenoxy) is 1. The summed E-state index contributed by atoms with van der Waals surface area (Å²) in [5, 5.41) is 3.33. The highest BCUT2D eigenvalue weighted by atomic mass is 32.3. The zero-order valence-corrected chi connectivity index (χ0v) is 12.0. The Bertz CT molecular complexity index is 622. The summed E-state index contributed by atoms with van der Waals surface area (Å²) >= 11 is -1.32. The topological polar surface area (TPSA) is 78.6 Å². The lowest BCUT2D eigenvalue weighted by molar-refractivity contribution is 0.308. The largest absolute Gasteiger partial charge is 0.496 e. The predicted molar refractivity (Wildman–Crippen MR) is 75.8 cm³/mol. The van der Waals surface area contributed by atoms with Crippen molar-refractivity contribution in [3.63, 3.8) is 0 Å². The van der Waals surface area contributed by atoms with Crippen LogP contribution in [0.3, 0.4) is 0 Å². The number of allylic oxidation sites excluding steroid dienone is 1. The van der Waals surface area contributed by atoms with Crippen LogP contribution in [0.15, 0.2) is 51.8 Å². The average molecular weight is 301 g/mol. The molecule has 0 aromatic heterocycles. The number of methoxy groups -OCH3 is 1. The maximum atomic E-state index is 12.2. The fourth-order valence-electron chi connectivity index (χ4n) is 1.60. The Labute approximate surface area is 115 Å². The van der Waals surface area contributed by atoms with Gasteiger partial charge < -0.3 is 10.5 Å². The molecule has 0 saturated carbocycles. The van der Waals surface area contributed by atoms with Crippen molar-refractivity contribution in [2.75, 3.05) is 7.11 Å². The minimum absolute atomic E-state index is 0.118. The van der Waals surface area contributed by atoms with Crippen molar-refractivity contribution in [1.29, 1.82) is 0 Å². The van der Waals surface area contributed by atoms with Crippen molar-refractivity contribution in [1.82, 2.24) is 0 Å². The van der Waals surface area contributed by atoms with Crippen molar-refractivity contribution in [3.8, 4) is 0 Å². The Balaban J connectivity index is 2.24. The van der Waals surface area contributed by atoms with Crippen molar-refractivity contribution >= 4 is 21.3 Å². The Morgan fingerprint density at radius 1 is 1.32 bits per heavy atom. The van der Waals surface area contributed by atoms with E-state index in [0.29, 0.717) is 11.3 Å². The second-order valence-electron chi connectivity index (χ2n) is 3.75. The molecule has 1 heterocycles. The van der Waals surface area contributed by atoms with Gasteiger partial charge in [-0.3, -0.25) is 0 Å². The predicted octanol–water partition coefficient (Wildman–Crippen LogP) is 1.78. The fraction of sp³-hybridized carbons (Fsp3) is 0.167. The second-order valence-corrected chi connectivity index (χ2v) is 6.97. The Morgan fingerprint density at radius 2 is 2.05 bits per heavy atom. The maximum Gasteiger partial charge on any atom is 0.306 e. The minimum Gasteiger partial charge on any atom is -0.496 e. The zero-order valence-electron chi connectivity index (χ0n) is 10.3. The third-order valence-corrected chi connectivity index (χ3v) is 5.88. The molecule has 0 amide bonds. The number of thiol groups is 1. The molecule has 0 spiro atoms. The third kappa shape index (κ3) is 3.19. The van der Waals surface area contributed by atoms with Gasteiger partial charge in [-0.1, -0.05) is 29.4 Å². The second kappa shape index (κ2) is 5.79. The Morgan fingerprint density at radius 3 is 2.68 bits per heavy atom. The van der Waals surface area contributed by atoms with Gasteiger partial charge in [0.15, 0.2) is 0 Å². The molecule has 7 heteroatoms. The lowest BCUT2D eigenvalue weighted by Gasteiger charge is -2.13.